The summed E-state index contributed by atoms with van der Waals surface area (Å²) in [7, 11) is 1.68. The monoisotopic (exact) mass is 283 g/mol. The summed E-state index contributed by atoms with van der Waals surface area (Å²) in [4.78, 5) is 4.58. The standard InChI is InChI=1S/C15H29N3O2/c1-7-10-16-11(4)12(8-2)13-17-14(18-20-13)15(5,9-3)19-6/h11-12,16H,7-10H2,1-6H3. The van der Waals surface area contributed by atoms with E-state index in [1.165, 1.54) is 0 Å². The van der Waals surface area contributed by atoms with E-state index in [-0.39, 0.29) is 5.92 Å². The molecule has 0 aliphatic heterocycles. The molecule has 5 nitrogen and oxygen atoms in total. The summed E-state index contributed by atoms with van der Waals surface area (Å²) in [5.74, 6) is 1.58. The van der Waals surface area contributed by atoms with Gasteiger partial charge in [-0.05, 0) is 39.7 Å². The summed E-state index contributed by atoms with van der Waals surface area (Å²) in [5.41, 5.74) is -0.472. The molecule has 1 aromatic heterocycles. The van der Waals surface area contributed by atoms with E-state index in [1.54, 1.807) is 7.11 Å². The van der Waals surface area contributed by atoms with Crippen LogP contribution in [0, 0.1) is 0 Å². The normalized spacial score (nSPS) is 17.7. The molecule has 0 bridgehead atoms. The molecule has 0 radical (unpaired) electrons. The molecule has 3 unspecified atom stereocenters. The van der Waals surface area contributed by atoms with Crippen molar-refractivity contribution in [3.63, 3.8) is 0 Å². The van der Waals surface area contributed by atoms with Crippen molar-refractivity contribution in [2.75, 3.05) is 13.7 Å². The van der Waals surface area contributed by atoms with Crippen molar-refractivity contribution in [2.45, 2.75) is 71.4 Å². The maximum absolute atomic E-state index is 5.52. The molecule has 0 saturated heterocycles. The third kappa shape index (κ3) is 3.79. The predicted molar refractivity (Wildman–Crippen MR) is 79.7 cm³/mol. The second-order valence-electron chi connectivity index (χ2n) is 5.50. The minimum Gasteiger partial charge on any atom is -0.370 e. The first-order valence-corrected chi connectivity index (χ1v) is 7.64. The first-order chi connectivity index (χ1) is 9.52. The van der Waals surface area contributed by atoms with Crippen LogP contribution < -0.4 is 5.32 Å². The van der Waals surface area contributed by atoms with Crippen LogP contribution in [0.15, 0.2) is 4.52 Å². The van der Waals surface area contributed by atoms with Crippen LogP contribution in [0.5, 0.6) is 0 Å². The Labute approximate surface area is 122 Å². The Balaban J connectivity index is 2.87. The zero-order valence-corrected chi connectivity index (χ0v) is 13.7. The molecule has 0 spiro atoms. The molecule has 0 aliphatic carbocycles. The molecular weight excluding hydrogens is 254 g/mol. The fourth-order valence-corrected chi connectivity index (χ4v) is 2.25. The highest BCUT2D eigenvalue weighted by atomic mass is 16.5. The van der Waals surface area contributed by atoms with Gasteiger partial charge in [-0.2, -0.15) is 4.98 Å². The lowest BCUT2D eigenvalue weighted by atomic mass is 9.97. The molecule has 3 atom stereocenters. The third-order valence-electron chi connectivity index (χ3n) is 4.12. The van der Waals surface area contributed by atoms with E-state index in [1.807, 2.05) is 6.92 Å². The van der Waals surface area contributed by atoms with Crippen molar-refractivity contribution in [2.24, 2.45) is 0 Å². The molecule has 0 aliphatic rings. The van der Waals surface area contributed by atoms with E-state index in [9.17, 15) is 0 Å². The van der Waals surface area contributed by atoms with Crippen LogP contribution >= 0.6 is 0 Å². The van der Waals surface area contributed by atoms with E-state index in [2.05, 4.69) is 43.2 Å². The third-order valence-corrected chi connectivity index (χ3v) is 4.12. The molecule has 5 heteroatoms. The number of ether oxygens (including phenoxy) is 1. The molecule has 1 N–H and O–H groups in total. The van der Waals surface area contributed by atoms with Gasteiger partial charge in [-0.3, -0.25) is 0 Å². The highest BCUT2D eigenvalue weighted by Crippen LogP contribution is 2.28. The quantitative estimate of drug-likeness (QED) is 0.754. The summed E-state index contributed by atoms with van der Waals surface area (Å²) in [6, 6.07) is 0.323. The van der Waals surface area contributed by atoms with Crippen LogP contribution in [-0.2, 0) is 10.3 Å². The van der Waals surface area contributed by atoms with Crippen LogP contribution in [0.1, 0.15) is 71.5 Å². The zero-order valence-electron chi connectivity index (χ0n) is 13.7. The average molecular weight is 283 g/mol. The predicted octanol–water partition coefficient (Wildman–Crippen LogP) is 3.22. The van der Waals surface area contributed by atoms with Crippen LogP contribution in [0.3, 0.4) is 0 Å². The van der Waals surface area contributed by atoms with Crippen LogP contribution in [0.25, 0.3) is 0 Å². The lowest BCUT2D eigenvalue weighted by molar-refractivity contribution is -0.0106. The lowest BCUT2D eigenvalue weighted by Crippen LogP contribution is -2.33. The van der Waals surface area contributed by atoms with Crippen molar-refractivity contribution in [3.05, 3.63) is 11.7 Å². The number of methoxy groups -OCH3 is 1. The van der Waals surface area contributed by atoms with E-state index in [0.717, 1.165) is 25.8 Å². The van der Waals surface area contributed by atoms with E-state index < -0.39 is 5.60 Å². The van der Waals surface area contributed by atoms with Gasteiger partial charge < -0.3 is 14.6 Å². The number of hydrogen-bond acceptors (Lipinski definition) is 5. The molecule has 1 heterocycles. The van der Waals surface area contributed by atoms with Gasteiger partial charge in [-0.25, -0.2) is 0 Å². The van der Waals surface area contributed by atoms with E-state index >= 15 is 0 Å². The van der Waals surface area contributed by atoms with Gasteiger partial charge >= 0.3 is 0 Å². The van der Waals surface area contributed by atoms with Gasteiger partial charge in [0.05, 0.1) is 5.92 Å². The fraction of sp³-hybridized carbons (Fsp3) is 0.867. The van der Waals surface area contributed by atoms with Crippen molar-refractivity contribution >= 4 is 0 Å². The molecule has 0 amide bonds. The molecule has 1 aromatic rings. The maximum Gasteiger partial charge on any atom is 0.231 e. The Bertz CT molecular complexity index is 388. The summed E-state index contributed by atoms with van der Waals surface area (Å²) in [6.07, 6.45) is 2.89. The number of rotatable bonds is 9. The topological polar surface area (TPSA) is 60.2 Å². The Morgan fingerprint density at radius 1 is 1.35 bits per heavy atom. The van der Waals surface area contributed by atoms with Crippen LogP contribution in [0.2, 0.25) is 0 Å². The van der Waals surface area contributed by atoms with Crippen LogP contribution in [-0.4, -0.2) is 29.8 Å². The summed E-state index contributed by atoms with van der Waals surface area (Å²) < 4.78 is 11.0. The van der Waals surface area contributed by atoms with Gasteiger partial charge in [0, 0.05) is 13.2 Å². The number of aromatic nitrogens is 2. The minimum atomic E-state index is -0.472. The van der Waals surface area contributed by atoms with Crippen molar-refractivity contribution < 1.29 is 9.26 Å². The highest BCUT2D eigenvalue weighted by molar-refractivity contribution is 5.03. The van der Waals surface area contributed by atoms with E-state index in [4.69, 9.17) is 9.26 Å². The van der Waals surface area contributed by atoms with Gasteiger partial charge in [0.1, 0.15) is 5.60 Å². The second-order valence-corrected chi connectivity index (χ2v) is 5.50. The van der Waals surface area contributed by atoms with Gasteiger partial charge in [-0.1, -0.05) is 25.9 Å². The van der Waals surface area contributed by atoms with Crippen molar-refractivity contribution in [3.8, 4) is 0 Å². The van der Waals surface area contributed by atoms with Gasteiger partial charge in [0.2, 0.25) is 11.7 Å². The van der Waals surface area contributed by atoms with Crippen molar-refractivity contribution in [1.29, 1.82) is 0 Å². The number of hydrogen-bond donors (Lipinski definition) is 1. The molecular formula is C15H29N3O2. The second kappa shape index (κ2) is 7.74. The SMILES string of the molecule is CCCNC(C)C(CC)c1nc(C(C)(CC)OC)no1. The first-order valence-electron chi connectivity index (χ1n) is 7.64. The van der Waals surface area contributed by atoms with Crippen LogP contribution in [0.4, 0.5) is 0 Å². The highest BCUT2D eigenvalue weighted by Gasteiger charge is 2.32. The molecule has 0 aromatic carbocycles. The Morgan fingerprint density at radius 3 is 2.55 bits per heavy atom. The molecule has 116 valence electrons. The van der Waals surface area contributed by atoms with Gasteiger partial charge in [0.15, 0.2) is 0 Å². The Hall–Kier alpha value is -0.940. The smallest absolute Gasteiger partial charge is 0.231 e. The first kappa shape index (κ1) is 17.1. The number of nitrogens with zero attached hydrogens (tertiary/aromatic N) is 2. The lowest BCUT2D eigenvalue weighted by Gasteiger charge is -2.22. The molecule has 1 rings (SSSR count). The molecule has 0 saturated carbocycles. The Kier molecular flexibility index (Phi) is 6.62. The van der Waals surface area contributed by atoms with Gasteiger partial charge in [-0.15, -0.1) is 0 Å². The van der Waals surface area contributed by atoms with E-state index in [0.29, 0.717) is 17.8 Å². The van der Waals surface area contributed by atoms with Gasteiger partial charge in [0.25, 0.3) is 0 Å². The Morgan fingerprint density at radius 2 is 2.05 bits per heavy atom. The molecule has 20 heavy (non-hydrogen) atoms. The van der Waals surface area contributed by atoms with Crippen molar-refractivity contribution in [1.82, 2.24) is 15.5 Å². The average Bonchev–Trinajstić information content (AvgIpc) is 2.95. The fourth-order valence-electron chi connectivity index (χ4n) is 2.25. The zero-order chi connectivity index (χ0) is 15.2. The summed E-state index contributed by atoms with van der Waals surface area (Å²) in [5, 5.41) is 7.62. The summed E-state index contributed by atoms with van der Waals surface area (Å²) in [6.45, 7) is 11.5. The minimum absolute atomic E-state index is 0.237. The largest absolute Gasteiger partial charge is 0.370 e. The number of nitrogens with one attached hydrogen (secondary N) is 1. The maximum atomic E-state index is 5.52. The summed E-state index contributed by atoms with van der Waals surface area (Å²) >= 11 is 0. The molecule has 0 fully saturated rings.